The Balaban J connectivity index is 2.29. The zero-order valence-corrected chi connectivity index (χ0v) is 10.9. The maximum absolute atomic E-state index is 6.06. The van der Waals surface area contributed by atoms with Crippen molar-refractivity contribution >= 4 is 22.9 Å². The summed E-state index contributed by atoms with van der Waals surface area (Å²) in [5.41, 5.74) is 6.41. The average molecular weight is 270 g/mol. The Labute approximate surface area is 108 Å². The summed E-state index contributed by atoms with van der Waals surface area (Å²) in [5.74, 6) is 0.655. The molecule has 17 heavy (non-hydrogen) atoms. The second-order valence-electron chi connectivity index (χ2n) is 3.39. The van der Waals surface area contributed by atoms with E-state index in [2.05, 4.69) is 10.2 Å². The van der Waals surface area contributed by atoms with E-state index in [-0.39, 0.29) is 0 Å². The van der Waals surface area contributed by atoms with Crippen molar-refractivity contribution in [2.45, 2.75) is 6.42 Å². The van der Waals surface area contributed by atoms with Crippen molar-refractivity contribution < 1.29 is 4.74 Å². The van der Waals surface area contributed by atoms with Crippen LogP contribution in [0.2, 0.25) is 5.02 Å². The van der Waals surface area contributed by atoms with E-state index in [0.717, 1.165) is 22.0 Å². The number of aromatic nitrogens is 2. The van der Waals surface area contributed by atoms with E-state index in [0.29, 0.717) is 17.3 Å². The molecule has 2 aromatic rings. The maximum atomic E-state index is 6.06. The summed E-state index contributed by atoms with van der Waals surface area (Å²) >= 11 is 7.59. The normalized spacial score (nSPS) is 10.5. The second kappa shape index (κ2) is 5.44. The summed E-state index contributed by atoms with van der Waals surface area (Å²) in [6, 6.07) is 5.56. The Bertz CT molecular complexity index is 515. The Morgan fingerprint density at radius 2 is 2.24 bits per heavy atom. The lowest BCUT2D eigenvalue weighted by molar-refractivity contribution is 0.415. The lowest BCUT2D eigenvalue weighted by Gasteiger charge is -2.03. The van der Waals surface area contributed by atoms with Crippen molar-refractivity contribution in [3.63, 3.8) is 0 Å². The molecule has 1 aromatic heterocycles. The molecular formula is C11H12ClN3OS. The van der Waals surface area contributed by atoms with Gasteiger partial charge < -0.3 is 10.5 Å². The molecule has 90 valence electrons. The summed E-state index contributed by atoms with van der Waals surface area (Å²) in [6.07, 6.45) is 0.752. The molecule has 0 spiro atoms. The van der Waals surface area contributed by atoms with Gasteiger partial charge in [0.2, 0.25) is 0 Å². The molecule has 4 nitrogen and oxygen atoms in total. The van der Waals surface area contributed by atoms with E-state index in [1.807, 2.05) is 18.2 Å². The Hall–Kier alpha value is -1.17. The van der Waals surface area contributed by atoms with Gasteiger partial charge in [-0.3, -0.25) is 0 Å². The first-order valence-electron chi connectivity index (χ1n) is 5.11. The van der Waals surface area contributed by atoms with Gasteiger partial charge in [0, 0.05) is 12.0 Å². The highest BCUT2D eigenvalue weighted by atomic mass is 35.5. The van der Waals surface area contributed by atoms with E-state index in [4.69, 9.17) is 22.1 Å². The maximum Gasteiger partial charge on any atom is 0.147 e. The fraction of sp³-hybridized carbons (Fsp3) is 0.273. The van der Waals surface area contributed by atoms with Crippen LogP contribution >= 0.6 is 22.9 Å². The number of nitrogens with two attached hydrogens (primary N) is 1. The molecule has 0 saturated carbocycles. The number of methoxy groups -OCH3 is 1. The molecular weight excluding hydrogens is 258 g/mol. The third kappa shape index (κ3) is 2.74. The number of hydrogen-bond acceptors (Lipinski definition) is 5. The third-order valence-electron chi connectivity index (χ3n) is 2.22. The zero-order valence-electron chi connectivity index (χ0n) is 9.31. The van der Waals surface area contributed by atoms with Gasteiger partial charge in [-0.25, -0.2) is 0 Å². The van der Waals surface area contributed by atoms with Crippen LogP contribution in [0.15, 0.2) is 18.2 Å². The molecule has 0 saturated heterocycles. The Morgan fingerprint density at radius 1 is 1.41 bits per heavy atom. The number of halogens is 1. The number of nitrogens with zero attached hydrogens (tertiary/aromatic N) is 2. The van der Waals surface area contributed by atoms with Crippen LogP contribution in [0, 0.1) is 0 Å². The van der Waals surface area contributed by atoms with E-state index in [1.165, 1.54) is 11.3 Å². The van der Waals surface area contributed by atoms with Crippen molar-refractivity contribution in [2.24, 2.45) is 5.73 Å². The van der Waals surface area contributed by atoms with Gasteiger partial charge in [0.15, 0.2) is 0 Å². The highest BCUT2D eigenvalue weighted by Gasteiger charge is 2.08. The van der Waals surface area contributed by atoms with Crippen LogP contribution in [-0.2, 0) is 6.42 Å². The summed E-state index contributed by atoms with van der Waals surface area (Å²) < 4.78 is 5.10. The Kier molecular flexibility index (Phi) is 3.93. The van der Waals surface area contributed by atoms with Gasteiger partial charge in [0.1, 0.15) is 15.8 Å². The van der Waals surface area contributed by atoms with Crippen LogP contribution in [-0.4, -0.2) is 23.9 Å². The quantitative estimate of drug-likeness (QED) is 0.926. The van der Waals surface area contributed by atoms with Crippen LogP contribution in [0.4, 0.5) is 0 Å². The molecule has 0 amide bonds. The Morgan fingerprint density at radius 3 is 2.88 bits per heavy atom. The van der Waals surface area contributed by atoms with Gasteiger partial charge in [-0.1, -0.05) is 22.9 Å². The van der Waals surface area contributed by atoms with Gasteiger partial charge in [-0.2, -0.15) is 0 Å². The first kappa shape index (κ1) is 12.3. The largest absolute Gasteiger partial charge is 0.495 e. The van der Waals surface area contributed by atoms with Gasteiger partial charge >= 0.3 is 0 Å². The van der Waals surface area contributed by atoms with E-state index in [9.17, 15) is 0 Å². The smallest absolute Gasteiger partial charge is 0.147 e. The predicted molar refractivity (Wildman–Crippen MR) is 69.7 cm³/mol. The van der Waals surface area contributed by atoms with Crippen molar-refractivity contribution in [3.05, 3.63) is 28.2 Å². The zero-order chi connectivity index (χ0) is 12.3. The first-order chi connectivity index (χ1) is 8.24. The predicted octanol–water partition coefficient (Wildman–Crippen LogP) is 2.37. The SMILES string of the molecule is COc1ccc(-c2nnc(CCN)s2)cc1Cl. The van der Waals surface area contributed by atoms with Gasteiger partial charge in [-0.05, 0) is 24.7 Å². The topological polar surface area (TPSA) is 61.0 Å². The third-order valence-corrected chi connectivity index (χ3v) is 3.55. The molecule has 0 radical (unpaired) electrons. The van der Waals surface area contributed by atoms with Crippen LogP contribution in [0.5, 0.6) is 5.75 Å². The molecule has 1 heterocycles. The summed E-state index contributed by atoms with van der Waals surface area (Å²) in [6.45, 7) is 0.581. The molecule has 0 fully saturated rings. The van der Waals surface area contributed by atoms with Crippen molar-refractivity contribution in [1.82, 2.24) is 10.2 Å². The van der Waals surface area contributed by atoms with Crippen molar-refractivity contribution in [1.29, 1.82) is 0 Å². The lowest BCUT2D eigenvalue weighted by Crippen LogP contribution is -2.01. The monoisotopic (exact) mass is 269 g/mol. The molecule has 0 unspecified atom stereocenters. The minimum absolute atomic E-state index is 0.570. The number of rotatable bonds is 4. The molecule has 6 heteroatoms. The second-order valence-corrected chi connectivity index (χ2v) is 4.86. The number of hydrogen-bond donors (Lipinski definition) is 1. The average Bonchev–Trinajstić information content (AvgIpc) is 2.78. The number of benzene rings is 1. The van der Waals surface area contributed by atoms with E-state index < -0.39 is 0 Å². The highest BCUT2D eigenvalue weighted by molar-refractivity contribution is 7.14. The molecule has 2 rings (SSSR count). The summed E-state index contributed by atoms with van der Waals surface area (Å²) in [5, 5.41) is 10.5. The molecule has 0 bridgehead atoms. The minimum Gasteiger partial charge on any atom is -0.495 e. The molecule has 0 aliphatic heterocycles. The lowest BCUT2D eigenvalue weighted by atomic mass is 10.2. The van der Waals surface area contributed by atoms with Gasteiger partial charge in [0.25, 0.3) is 0 Å². The molecule has 0 atom stereocenters. The van der Waals surface area contributed by atoms with Crippen LogP contribution in [0.25, 0.3) is 10.6 Å². The fourth-order valence-corrected chi connectivity index (χ4v) is 2.50. The molecule has 0 aliphatic rings. The van der Waals surface area contributed by atoms with Gasteiger partial charge in [0.05, 0.1) is 12.1 Å². The van der Waals surface area contributed by atoms with Crippen LogP contribution in [0.1, 0.15) is 5.01 Å². The summed E-state index contributed by atoms with van der Waals surface area (Å²) in [4.78, 5) is 0. The van der Waals surface area contributed by atoms with E-state index in [1.54, 1.807) is 7.11 Å². The molecule has 2 N–H and O–H groups in total. The molecule has 0 aliphatic carbocycles. The van der Waals surface area contributed by atoms with Gasteiger partial charge in [-0.15, -0.1) is 10.2 Å². The fourth-order valence-electron chi connectivity index (χ4n) is 1.39. The van der Waals surface area contributed by atoms with Crippen molar-refractivity contribution in [2.75, 3.05) is 13.7 Å². The molecule has 1 aromatic carbocycles. The van der Waals surface area contributed by atoms with Crippen LogP contribution in [0.3, 0.4) is 0 Å². The number of ether oxygens (including phenoxy) is 1. The first-order valence-corrected chi connectivity index (χ1v) is 6.30. The van der Waals surface area contributed by atoms with E-state index >= 15 is 0 Å². The minimum atomic E-state index is 0.570. The summed E-state index contributed by atoms with van der Waals surface area (Å²) in [7, 11) is 1.59. The van der Waals surface area contributed by atoms with Crippen molar-refractivity contribution in [3.8, 4) is 16.3 Å². The van der Waals surface area contributed by atoms with Crippen LogP contribution < -0.4 is 10.5 Å². The standard InChI is InChI=1S/C11H12ClN3OS/c1-16-9-3-2-7(6-8(9)12)11-15-14-10(17-11)4-5-13/h2-3,6H,4-5,13H2,1H3. The highest BCUT2D eigenvalue weighted by Crippen LogP contribution is 2.31.